The number of halogens is 3. The van der Waals surface area contributed by atoms with E-state index in [4.69, 9.17) is 26.4 Å². The molecular weight excluding hydrogens is 463 g/mol. The minimum Gasteiger partial charge on any atom is -0.493 e. The number of amides is 1. The average molecular weight is 484 g/mol. The van der Waals surface area contributed by atoms with E-state index in [1.807, 2.05) is 6.92 Å². The van der Waals surface area contributed by atoms with E-state index < -0.39 is 11.7 Å². The van der Waals surface area contributed by atoms with E-state index in [2.05, 4.69) is 0 Å². The van der Waals surface area contributed by atoms with Gasteiger partial charge in [-0.1, -0.05) is 42.2 Å². The van der Waals surface area contributed by atoms with Crippen molar-refractivity contribution in [2.45, 2.75) is 13.1 Å². The summed E-state index contributed by atoms with van der Waals surface area (Å²) in [6.45, 7) is 2.39. The number of hydrogen-bond acceptors (Lipinski definition) is 6. The number of alkyl halides is 3. The first kappa shape index (κ1) is 23.9. The second-order valence-corrected chi connectivity index (χ2v) is 8.20. The van der Waals surface area contributed by atoms with Gasteiger partial charge in [0.05, 0.1) is 17.6 Å². The Labute approximate surface area is 193 Å². The van der Waals surface area contributed by atoms with Gasteiger partial charge in [-0.05, 0) is 37.3 Å². The van der Waals surface area contributed by atoms with Crippen LogP contribution in [0.5, 0.6) is 17.2 Å². The fourth-order valence-electron chi connectivity index (χ4n) is 2.94. The van der Waals surface area contributed by atoms with Crippen LogP contribution < -0.4 is 14.2 Å². The van der Waals surface area contributed by atoms with Crippen LogP contribution in [0.1, 0.15) is 18.1 Å². The molecule has 10 heteroatoms. The molecule has 1 amide bonds. The molecular formula is C22H20F3NO4S2. The lowest BCUT2D eigenvalue weighted by Crippen LogP contribution is -2.27. The van der Waals surface area contributed by atoms with Crippen LogP contribution in [0.4, 0.5) is 13.2 Å². The topological polar surface area (TPSA) is 48.0 Å². The summed E-state index contributed by atoms with van der Waals surface area (Å²) in [6.07, 6.45) is -2.76. The Morgan fingerprint density at radius 3 is 2.50 bits per heavy atom. The number of nitrogens with zero attached hydrogens (tertiary/aromatic N) is 1. The van der Waals surface area contributed by atoms with Gasteiger partial charge in [0.2, 0.25) is 0 Å². The Morgan fingerprint density at radius 1 is 1.12 bits per heavy atom. The first-order valence-electron chi connectivity index (χ1n) is 9.59. The summed E-state index contributed by atoms with van der Waals surface area (Å²) in [4.78, 5) is 14.5. The van der Waals surface area contributed by atoms with Crippen LogP contribution in [-0.2, 0) is 11.0 Å². The molecule has 0 bridgehead atoms. The lowest BCUT2D eigenvalue weighted by atomic mass is 10.1. The van der Waals surface area contributed by atoms with E-state index in [1.165, 1.54) is 35.9 Å². The maximum absolute atomic E-state index is 12.8. The van der Waals surface area contributed by atoms with Crippen LogP contribution in [0.2, 0.25) is 0 Å². The summed E-state index contributed by atoms with van der Waals surface area (Å²) in [5, 5.41) is 0. The zero-order valence-electron chi connectivity index (χ0n) is 17.3. The van der Waals surface area contributed by atoms with Crippen LogP contribution >= 0.6 is 24.0 Å². The average Bonchev–Trinajstić information content (AvgIpc) is 3.03. The molecule has 0 spiro atoms. The number of rotatable bonds is 8. The molecule has 1 fully saturated rings. The molecule has 32 heavy (non-hydrogen) atoms. The van der Waals surface area contributed by atoms with Crippen molar-refractivity contribution in [2.75, 3.05) is 26.9 Å². The number of carbonyl (C=O) groups is 1. The van der Waals surface area contributed by atoms with Gasteiger partial charge >= 0.3 is 6.18 Å². The van der Waals surface area contributed by atoms with Gasteiger partial charge in [-0.15, -0.1) is 0 Å². The number of hydrogen-bond donors (Lipinski definition) is 0. The fraction of sp³-hybridized carbons (Fsp3) is 0.273. The van der Waals surface area contributed by atoms with Crippen LogP contribution in [0.15, 0.2) is 47.4 Å². The van der Waals surface area contributed by atoms with Gasteiger partial charge in [0.25, 0.3) is 5.91 Å². The molecule has 170 valence electrons. The number of likely N-dealkylation sites (N-methyl/N-ethyl adjacent to an activating group) is 1. The molecule has 2 aromatic carbocycles. The number of thiocarbonyl (C=S) groups is 1. The van der Waals surface area contributed by atoms with Gasteiger partial charge in [-0.3, -0.25) is 9.69 Å². The third-order valence-electron chi connectivity index (χ3n) is 4.47. The highest BCUT2D eigenvalue weighted by Gasteiger charge is 2.31. The Balaban J connectivity index is 1.71. The third kappa shape index (κ3) is 5.55. The summed E-state index contributed by atoms with van der Waals surface area (Å²) in [5.41, 5.74) is -0.174. The van der Waals surface area contributed by atoms with E-state index in [-0.39, 0.29) is 24.9 Å². The maximum Gasteiger partial charge on any atom is 0.416 e. The highest BCUT2D eigenvalue weighted by atomic mass is 32.2. The van der Waals surface area contributed by atoms with E-state index in [1.54, 1.807) is 24.3 Å². The first-order valence-corrected chi connectivity index (χ1v) is 10.8. The molecule has 5 nitrogen and oxygen atoms in total. The number of para-hydroxylation sites is 1. The standard InChI is InChI=1S/C22H20F3NO4S2/c1-3-26-20(27)18(32-21(26)31)12-14-6-4-9-17(28-2)19(14)30-11-10-29-16-8-5-7-15(13-16)22(23,24)25/h4-9,12-13H,3,10-11H2,1-2H3. The molecule has 1 aliphatic rings. The number of ether oxygens (including phenoxy) is 3. The predicted molar refractivity (Wildman–Crippen MR) is 121 cm³/mol. The SMILES string of the molecule is CCN1C(=O)C(=Cc2cccc(OC)c2OCCOc2cccc(C(F)(F)F)c2)SC1=S. The molecule has 0 aromatic heterocycles. The van der Waals surface area contributed by atoms with Crippen LogP contribution in [0, 0.1) is 0 Å². The van der Waals surface area contributed by atoms with Crippen molar-refractivity contribution < 1.29 is 32.2 Å². The van der Waals surface area contributed by atoms with E-state index >= 15 is 0 Å². The molecule has 3 rings (SSSR count). The molecule has 0 N–H and O–H groups in total. The second-order valence-electron chi connectivity index (χ2n) is 6.53. The van der Waals surface area contributed by atoms with Crippen LogP contribution in [-0.4, -0.2) is 42.0 Å². The van der Waals surface area contributed by atoms with E-state index in [0.29, 0.717) is 32.8 Å². The normalized spacial score (nSPS) is 15.4. The fourth-order valence-corrected chi connectivity index (χ4v) is 4.32. The summed E-state index contributed by atoms with van der Waals surface area (Å²) in [5.74, 6) is 0.754. The van der Waals surface area contributed by atoms with Gasteiger partial charge in [0, 0.05) is 12.1 Å². The van der Waals surface area contributed by atoms with Crippen molar-refractivity contribution in [1.82, 2.24) is 4.90 Å². The van der Waals surface area contributed by atoms with Crippen molar-refractivity contribution in [1.29, 1.82) is 0 Å². The largest absolute Gasteiger partial charge is 0.493 e. The van der Waals surface area contributed by atoms with Gasteiger partial charge < -0.3 is 14.2 Å². The number of methoxy groups -OCH3 is 1. The maximum atomic E-state index is 12.8. The zero-order valence-corrected chi connectivity index (χ0v) is 18.9. The van der Waals surface area contributed by atoms with E-state index in [0.717, 1.165) is 12.1 Å². The van der Waals surface area contributed by atoms with Gasteiger partial charge in [0.1, 0.15) is 23.3 Å². The van der Waals surface area contributed by atoms with Crippen molar-refractivity contribution in [3.05, 3.63) is 58.5 Å². The first-order chi connectivity index (χ1) is 15.2. The summed E-state index contributed by atoms with van der Waals surface area (Å²) in [6, 6.07) is 9.87. The molecule has 0 saturated carbocycles. The molecule has 1 aliphatic heterocycles. The molecule has 0 radical (unpaired) electrons. The molecule has 0 atom stereocenters. The van der Waals surface area contributed by atoms with Gasteiger partial charge in [0.15, 0.2) is 11.5 Å². The van der Waals surface area contributed by atoms with Crippen molar-refractivity contribution in [2.24, 2.45) is 0 Å². The lowest BCUT2D eigenvalue weighted by molar-refractivity contribution is -0.137. The molecule has 0 unspecified atom stereocenters. The smallest absolute Gasteiger partial charge is 0.416 e. The van der Waals surface area contributed by atoms with Gasteiger partial charge in [-0.25, -0.2) is 0 Å². The molecule has 2 aromatic rings. The highest BCUT2D eigenvalue weighted by Crippen LogP contribution is 2.37. The van der Waals surface area contributed by atoms with Crippen molar-refractivity contribution >= 4 is 40.3 Å². The third-order valence-corrected chi connectivity index (χ3v) is 5.84. The van der Waals surface area contributed by atoms with Crippen molar-refractivity contribution in [3.63, 3.8) is 0 Å². The van der Waals surface area contributed by atoms with Crippen LogP contribution in [0.3, 0.4) is 0 Å². The number of benzene rings is 2. The summed E-state index contributed by atoms with van der Waals surface area (Å²) >= 11 is 6.45. The summed E-state index contributed by atoms with van der Waals surface area (Å²) in [7, 11) is 1.49. The predicted octanol–water partition coefficient (Wildman–Crippen LogP) is 5.39. The number of carbonyl (C=O) groups excluding carboxylic acids is 1. The monoisotopic (exact) mass is 483 g/mol. The molecule has 1 saturated heterocycles. The Morgan fingerprint density at radius 2 is 1.84 bits per heavy atom. The second kappa shape index (κ2) is 10.3. The van der Waals surface area contributed by atoms with E-state index in [9.17, 15) is 18.0 Å². The minimum absolute atomic E-state index is 0.0107. The lowest BCUT2D eigenvalue weighted by Gasteiger charge is -2.15. The molecule has 1 heterocycles. The summed E-state index contributed by atoms with van der Waals surface area (Å²) < 4.78 is 55.6. The van der Waals surface area contributed by atoms with Gasteiger partial charge in [-0.2, -0.15) is 13.2 Å². The Hall–Kier alpha value is -2.72. The van der Waals surface area contributed by atoms with Crippen LogP contribution in [0.25, 0.3) is 6.08 Å². The highest BCUT2D eigenvalue weighted by molar-refractivity contribution is 8.26. The number of thioether (sulfide) groups is 1. The Kier molecular flexibility index (Phi) is 7.68. The minimum atomic E-state index is -4.44. The molecule has 0 aliphatic carbocycles. The quantitative estimate of drug-likeness (QED) is 0.285. The Bertz CT molecular complexity index is 1040. The zero-order chi connectivity index (χ0) is 23.3. The van der Waals surface area contributed by atoms with Crippen molar-refractivity contribution in [3.8, 4) is 17.2 Å².